The van der Waals surface area contributed by atoms with Gasteiger partial charge in [-0.25, -0.2) is 4.98 Å². The number of anilines is 8. The van der Waals surface area contributed by atoms with E-state index in [9.17, 15) is 9.59 Å². The molecule has 15 nitrogen and oxygen atoms in total. The van der Waals surface area contributed by atoms with Crippen molar-refractivity contribution in [2.24, 2.45) is 0 Å². The topological polar surface area (TPSA) is 172 Å². The predicted molar refractivity (Wildman–Crippen MR) is 301 cm³/mol. The second-order valence-corrected chi connectivity index (χ2v) is 18.5. The number of amides is 2. The van der Waals surface area contributed by atoms with Crippen LogP contribution in [0.25, 0.3) is 21.8 Å². The van der Waals surface area contributed by atoms with Crippen LogP contribution in [0.4, 0.5) is 45.6 Å². The SMILES string of the molecule is Cc1cc(Nc2cc(C(=O)Nc3cccc(Oc4ccncc4)c3)ccn2)c2cc(N3CCC3)ccc2n1.Cc1cc(Nc2cccc(C(=O)Nc3cccc(Oc4ccncc4)c3)c2)c2cc(N3CCC3)ccc2n1. The Bertz CT molecular complexity index is 3480. The van der Waals surface area contributed by atoms with Crippen molar-refractivity contribution in [1.82, 2.24) is 24.9 Å². The summed E-state index contributed by atoms with van der Waals surface area (Å²) in [5.41, 5.74) is 11.1. The molecular weight excluding hydrogens is 951 g/mol. The van der Waals surface area contributed by atoms with Crippen LogP contribution in [-0.2, 0) is 0 Å². The average Bonchev–Trinajstić information content (AvgIpc) is 3.39. The fourth-order valence-corrected chi connectivity index (χ4v) is 8.88. The Labute approximate surface area is 439 Å². The van der Waals surface area contributed by atoms with Crippen LogP contribution in [-0.4, -0.2) is 62.9 Å². The van der Waals surface area contributed by atoms with Gasteiger partial charge in [-0.2, -0.15) is 0 Å². The maximum absolute atomic E-state index is 13.1. The number of hydrogen-bond acceptors (Lipinski definition) is 13. The zero-order valence-corrected chi connectivity index (χ0v) is 41.9. The molecule has 76 heavy (non-hydrogen) atoms. The van der Waals surface area contributed by atoms with Crippen LogP contribution in [0, 0.1) is 13.8 Å². The molecule has 0 atom stereocenters. The molecular formula is C61H53N11O4. The third kappa shape index (κ3) is 11.6. The number of carbonyl (C=O) groups excluding carboxylic acids is 2. The van der Waals surface area contributed by atoms with E-state index in [0.717, 1.165) is 76.4 Å². The lowest BCUT2D eigenvalue weighted by atomic mass is 10.1. The summed E-state index contributed by atoms with van der Waals surface area (Å²) in [6.45, 7) is 8.28. The molecule has 0 spiro atoms. The summed E-state index contributed by atoms with van der Waals surface area (Å²) in [5, 5.41) is 14.9. The van der Waals surface area contributed by atoms with Crippen LogP contribution in [0.5, 0.6) is 23.0 Å². The number of pyridine rings is 5. The van der Waals surface area contributed by atoms with Crippen molar-refractivity contribution in [3.05, 3.63) is 211 Å². The van der Waals surface area contributed by atoms with Crippen molar-refractivity contribution in [3.63, 3.8) is 0 Å². The van der Waals surface area contributed by atoms with Gasteiger partial charge in [-0.05, 0) is 154 Å². The number of ether oxygens (including phenoxy) is 2. The average molecular weight is 1000 g/mol. The molecule has 0 unspecified atom stereocenters. The molecule has 376 valence electrons. The molecule has 0 aliphatic carbocycles. The number of benzene rings is 5. The molecule has 2 amide bonds. The van der Waals surface area contributed by atoms with E-state index >= 15 is 0 Å². The van der Waals surface area contributed by atoms with Crippen molar-refractivity contribution in [3.8, 4) is 23.0 Å². The monoisotopic (exact) mass is 1000 g/mol. The number of hydrogen-bond donors (Lipinski definition) is 4. The second-order valence-electron chi connectivity index (χ2n) is 18.5. The highest BCUT2D eigenvalue weighted by Crippen LogP contribution is 2.34. The van der Waals surface area contributed by atoms with E-state index < -0.39 is 0 Å². The Morgan fingerprint density at radius 1 is 0.461 bits per heavy atom. The smallest absolute Gasteiger partial charge is 0.255 e. The Morgan fingerprint density at radius 2 is 0.947 bits per heavy atom. The highest BCUT2D eigenvalue weighted by atomic mass is 16.5. The summed E-state index contributed by atoms with van der Waals surface area (Å²) in [7, 11) is 0. The number of aromatic nitrogens is 5. The zero-order chi connectivity index (χ0) is 51.8. The summed E-state index contributed by atoms with van der Waals surface area (Å²) < 4.78 is 11.7. The largest absolute Gasteiger partial charge is 0.457 e. The van der Waals surface area contributed by atoms with Gasteiger partial charge >= 0.3 is 0 Å². The Hall–Kier alpha value is -9.89. The summed E-state index contributed by atoms with van der Waals surface area (Å²) in [5.74, 6) is 2.72. The second kappa shape index (κ2) is 22.1. The van der Waals surface area contributed by atoms with E-state index in [4.69, 9.17) is 19.4 Å². The first-order valence-electron chi connectivity index (χ1n) is 25.1. The predicted octanol–water partition coefficient (Wildman–Crippen LogP) is 13.3. The standard InChI is InChI=1S/C31H27N5O2.C30H26N6O2/c1-21-17-30(28-20-25(36-15-4-16-36)9-10-29(28)33-21)34-23-6-2-5-22(18-23)31(37)35-24-7-3-8-27(19-24)38-26-11-13-32-14-12-26;1-20-16-28(26-19-23(36-14-3-15-36)6-7-27(26)33-20)35-29-17-21(8-13-32-29)30(37)34-22-4-2-5-25(18-22)38-24-9-11-31-12-10-24/h2-3,5-14,17-20H,4,15-16H2,1H3,(H,33,34)(H,35,37);2,4-13,16-19H,3,14-15H2,1H3,(H,34,37)(H,32,33,35). The number of rotatable bonds is 14. The molecule has 0 radical (unpaired) electrons. The fraction of sp³-hybridized carbons (Fsp3) is 0.131. The molecule has 2 fully saturated rings. The normalized spacial score (nSPS) is 12.6. The van der Waals surface area contributed by atoms with Gasteiger partial charge in [0.25, 0.3) is 11.8 Å². The third-order valence-electron chi connectivity index (χ3n) is 12.9. The van der Waals surface area contributed by atoms with Gasteiger partial charge in [-0.1, -0.05) is 18.2 Å². The Morgan fingerprint density at radius 3 is 1.46 bits per heavy atom. The van der Waals surface area contributed by atoms with Crippen LogP contribution < -0.4 is 40.5 Å². The van der Waals surface area contributed by atoms with E-state index in [-0.39, 0.29) is 11.8 Å². The minimum Gasteiger partial charge on any atom is -0.457 e. The van der Waals surface area contributed by atoms with E-state index in [2.05, 4.69) is 82.4 Å². The lowest BCUT2D eigenvalue weighted by Crippen LogP contribution is -2.36. The highest BCUT2D eigenvalue weighted by molar-refractivity contribution is 6.06. The zero-order valence-electron chi connectivity index (χ0n) is 41.9. The number of fused-ring (bicyclic) bond motifs is 2. The van der Waals surface area contributed by atoms with Gasteiger partial charge in [0.2, 0.25) is 0 Å². The molecule has 5 aromatic carbocycles. The first-order chi connectivity index (χ1) is 37.2. The lowest BCUT2D eigenvalue weighted by molar-refractivity contribution is 0.101. The molecule has 15 heteroatoms. The highest BCUT2D eigenvalue weighted by Gasteiger charge is 2.19. The molecule has 2 saturated heterocycles. The Balaban J connectivity index is 0.000000162. The van der Waals surface area contributed by atoms with Crippen molar-refractivity contribution >= 4 is 79.2 Å². The molecule has 10 aromatic rings. The quantitative estimate of drug-likeness (QED) is 0.0812. The van der Waals surface area contributed by atoms with Crippen LogP contribution in [0.15, 0.2) is 189 Å². The van der Waals surface area contributed by atoms with Crippen molar-refractivity contribution in [2.45, 2.75) is 26.7 Å². The first kappa shape index (κ1) is 48.4. The van der Waals surface area contributed by atoms with Crippen LogP contribution in [0.1, 0.15) is 44.9 Å². The minimum atomic E-state index is -0.243. The molecule has 4 N–H and O–H groups in total. The van der Waals surface area contributed by atoms with Gasteiger partial charge in [0, 0.05) is 137 Å². The van der Waals surface area contributed by atoms with Gasteiger partial charge < -0.3 is 40.5 Å². The fourth-order valence-electron chi connectivity index (χ4n) is 8.88. The van der Waals surface area contributed by atoms with E-state index in [0.29, 0.717) is 51.3 Å². The maximum Gasteiger partial charge on any atom is 0.255 e. The molecule has 0 bridgehead atoms. The number of aryl methyl sites for hydroxylation is 2. The molecule has 5 aromatic heterocycles. The van der Waals surface area contributed by atoms with Gasteiger partial charge in [0.15, 0.2) is 0 Å². The molecule has 12 rings (SSSR count). The molecule has 2 aliphatic rings. The van der Waals surface area contributed by atoms with Gasteiger partial charge in [-0.15, -0.1) is 0 Å². The van der Waals surface area contributed by atoms with Gasteiger partial charge in [0.1, 0.15) is 28.8 Å². The number of nitrogens with one attached hydrogen (secondary N) is 4. The van der Waals surface area contributed by atoms with E-state index in [1.165, 1.54) is 24.2 Å². The van der Waals surface area contributed by atoms with Crippen molar-refractivity contribution in [1.29, 1.82) is 0 Å². The van der Waals surface area contributed by atoms with Gasteiger partial charge in [0.05, 0.1) is 16.7 Å². The summed E-state index contributed by atoms with van der Waals surface area (Å²) in [6, 6.07) is 49.4. The van der Waals surface area contributed by atoms with E-state index in [1.807, 2.05) is 80.6 Å². The van der Waals surface area contributed by atoms with Crippen molar-refractivity contribution in [2.75, 3.05) is 57.2 Å². The minimum absolute atomic E-state index is 0.203. The Kier molecular flexibility index (Phi) is 14.1. The summed E-state index contributed by atoms with van der Waals surface area (Å²) in [6.07, 6.45) is 10.7. The molecule has 7 heterocycles. The van der Waals surface area contributed by atoms with Crippen LogP contribution in [0.2, 0.25) is 0 Å². The van der Waals surface area contributed by atoms with Gasteiger partial charge in [-0.3, -0.25) is 29.5 Å². The number of nitrogens with zero attached hydrogens (tertiary/aromatic N) is 7. The van der Waals surface area contributed by atoms with Crippen LogP contribution >= 0.6 is 0 Å². The molecule has 2 aliphatic heterocycles. The third-order valence-corrected chi connectivity index (χ3v) is 12.9. The summed E-state index contributed by atoms with van der Waals surface area (Å²) in [4.78, 5) is 52.8. The summed E-state index contributed by atoms with van der Waals surface area (Å²) >= 11 is 0. The first-order valence-corrected chi connectivity index (χ1v) is 25.1. The number of carbonyl (C=O) groups is 2. The van der Waals surface area contributed by atoms with E-state index in [1.54, 1.807) is 85.6 Å². The molecule has 0 saturated carbocycles. The van der Waals surface area contributed by atoms with Crippen LogP contribution in [0.3, 0.4) is 0 Å². The van der Waals surface area contributed by atoms with Crippen molar-refractivity contribution < 1.29 is 19.1 Å². The lowest BCUT2D eigenvalue weighted by Gasteiger charge is -2.33. The maximum atomic E-state index is 13.1.